The highest BCUT2D eigenvalue weighted by atomic mass is 19.4. The largest absolute Gasteiger partial charge is 0.493 e. The van der Waals surface area contributed by atoms with Crippen molar-refractivity contribution in [3.05, 3.63) is 41.7 Å². The number of carbonyl (C=O) groups excluding carboxylic acids is 1. The third-order valence-corrected chi connectivity index (χ3v) is 8.00. The van der Waals surface area contributed by atoms with Gasteiger partial charge in [-0.15, -0.1) is 0 Å². The van der Waals surface area contributed by atoms with Crippen LogP contribution in [0.1, 0.15) is 51.9 Å². The van der Waals surface area contributed by atoms with Crippen LogP contribution in [0.4, 0.5) is 18.0 Å². The predicted octanol–water partition coefficient (Wildman–Crippen LogP) is 6.04. The van der Waals surface area contributed by atoms with Crippen LogP contribution in [-0.2, 0) is 10.9 Å². The third kappa shape index (κ3) is 4.65. The van der Waals surface area contributed by atoms with E-state index in [1.807, 2.05) is 27.7 Å². The molecule has 2 bridgehead atoms. The van der Waals surface area contributed by atoms with E-state index in [1.54, 1.807) is 29.2 Å². The topological polar surface area (TPSA) is 78.2 Å². The number of methoxy groups -OCH3 is 2. The molecule has 0 radical (unpaired) electrons. The highest BCUT2D eigenvalue weighted by Crippen LogP contribution is 2.58. The van der Waals surface area contributed by atoms with Gasteiger partial charge >= 0.3 is 12.3 Å². The van der Waals surface area contributed by atoms with Gasteiger partial charge in [0, 0.05) is 30.1 Å². The number of nitrogens with zero attached hydrogens (tertiary/aromatic N) is 4. The van der Waals surface area contributed by atoms with E-state index in [0.717, 1.165) is 10.6 Å². The Hall–Kier alpha value is -3.50. The number of fused-ring (bicyclic) bond motifs is 3. The minimum absolute atomic E-state index is 0.0424. The summed E-state index contributed by atoms with van der Waals surface area (Å²) in [5.74, 6) is 1.17. The Morgan fingerprint density at radius 2 is 1.72 bits per heavy atom. The van der Waals surface area contributed by atoms with Crippen LogP contribution in [-0.4, -0.2) is 58.0 Å². The molecule has 2 aliphatic rings. The highest BCUT2D eigenvalue weighted by molar-refractivity contribution is 5.69. The van der Waals surface area contributed by atoms with Crippen LogP contribution in [0.5, 0.6) is 11.5 Å². The van der Waals surface area contributed by atoms with Crippen molar-refractivity contribution >= 4 is 11.7 Å². The average Bonchev–Trinajstić information content (AvgIpc) is 3.27. The van der Waals surface area contributed by atoms with E-state index in [9.17, 15) is 18.0 Å². The lowest BCUT2D eigenvalue weighted by Crippen LogP contribution is -2.65. The first-order chi connectivity index (χ1) is 18.2. The number of piperidine rings is 2. The Balaban J connectivity index is 1.52. The fourth-order valence-electron chi connectivity index (χ4n) is 6.18. The van der Waals surface area contributed by atoms with Crippen LogP contribution in [0.15, 0.2) is 30.3 Å². The number of halogens is 3. The van der Waals surface area contributed by atoms with E-state index in [4.69, 9.17) is 14.2 Å². The summed E-state index contributed by atoms with van der Waals surface area (Å²) in [6.07, 6.45) is -5.02. The van der Waals surface area contributed by atoms with Crippen molar-refractivity contribution in [1.82, 2.24) is 19.5 Å². The maximum atomic E-state index is 14.2. The first-order valence-corrected chi connectivity index (χ1v) is 12.9. The SMILES string of the molecule is COc1ccc(-c2cc(C(F)(F)F)n3nc(C4[C@H]5C(C)N(C(=O)OC(C)(C)C)C[C@@H]4[C@@H]5C)cc3n2)cc1OC. The van der Waals surface area contributed by atoms with Crippen molar-refractivity contribution in [1.29, 1.82) is 0 Å². The van der Waals surface area contributed by atoms with Crippen LogP contribution in [0, 0.1) is 17.8 Å². The van der Waals surface area contributed by atoms with E-state index >= 15 is 0 Å². The van der Waals surface area contributed by atoms with E-state index in [0.29, 0.717) is 35.2 Å². The van der Waals surface area contributed by atoms with Gasteiger partial charge in [-0.05, 0) is 69.7 Å². The molecule has 1 aliphatic heterocycles. The molecule has 5 rings (SSSR count). The van der Waals surface area contributed by atoms with Gasteiger partial charge < -0.3 is 19.1 Å². The number of benzene rings is 1. The van der Waals surface area contributed by atoms with Gasteiger partial charge in [0.25, 0.3) is 0 Å². The average molecular weight is 547 g/mol. The molecule has 1 aliphatic carbocycles. The Morgan fingerprint density at radius 3 is 2.31 bits per heavy atom. The zero-order valence-electron chi connectivity index (χ0n) is 23.0. The standard InChI is InChI=1S/C28H33F3N4O4/c1-14-17-13-34(26(36)39-27(3,4)5)15(2)24(14)25(17)19-12-23-32-18(11-22(28(29,30)31)35(23)33-19)16-8-9-20(37-6)21(10-16)38-7/h8-12,14-15,17,24-25H,13H2,1-7H3/t14-,15?,17+,24+,25?/m0/s1. The molecule has 8 nitrogen and oxygen atoms in total. The molecular weight excluding hydrogens is 513 g/mol. The van der Waals surface area contributed by atoms with E-state index in [1.165, 1.54) is 14.2 Å². The lowest BCUT2D eigenvalue weighted by molar-refractivity contribution is -0.142. The van der Waals surface area contributed by atoms with E-state index in [-0.39, 0.29) is 41.2 Å². The Labute approximate surface area is 225 Å². The van der Waals surface area contributed by atoms with Gasteiger partial charge in [-0.25, -0.2) is 14.3 Å². The van der Waals surface area contributed by atoms with Crippen molar-refractivity contribution in [3.63, 3.8) is 0 Å². The fraction of sp³-hybridized carbons (Fsp3) is 0.536. The second-order valence-electron chi connectivity index (χ2n) is 11.4. The summed E-state index contributed by atoms with van der Waals surface area (Å²) in [4.78, 5) is 19.1. The molecule has 39 heavy (non-hydrogen) atoms. The number of likely N-dealkylation sites (tertiary alicyclic amines) is 1. The Bertz CT molecular complexity index is 1410. The highest BCUT2D eigenvalue weighted by Gasteiger charge is 2.58. The summed E-state index contributed by atoms with van der Waals surface area (Å²) in [6, 6.07) is 7.37. The minimum atomic E-state index is -4.65. The molecule has 1 amide bonds. The van der Waals surface area contributed by atoms with Gasteiger partial charge in [-0.1, -0.05) is 6.92 Å². The lowest BCUT2D eigenvalue weighted by atomic mass is 9.51. The first-order valence-electron chi connectivity index (χ1n) is 12.9. The number of ether oxygens (including phenoxy) is 3. The molecule has 11 heteroatoms. The van der Waals surface area contributed by atoms with Gasteiger partial charge in [-0.2, -0.15) is 18.3 Å². The number of amides is 1. The van der Waals surface area contributed by atoms with Crippen molar-refractivity contribution in [2.45, 2.75) is 58.4 Å². The molecule has 1 saturated carbocycles. The summed E-state index contributed by atoms with van der Waals surface area (Å²) in [7, 11) is 2.95. The molecule has 2 fully saturated rings. The van der Waals surface area contributed by atoms with E-state index < -0.39 is 17.5 Å². The van der Waals surface area contributed by atoms with Crippen LogP contribution < -0.4 is 9.47 Å². The van der Waals surface area contributed by atoms with Crippen LogP contribution in [0.3, 0.4) is 0 Å². The van der Waals surface area contributed by atoms with Gasteiger partial charge in [0.15, 0.2) is 22.8 Å². The Kier molecular flexibility index (Phi) is 6.46. The van der Waals surface area contributed by atoms with Crippen LogP contribution in [0.25, 0.3) is 16.9 Å². The second-order valence-corrected chi connectivity index (χ2v) is 11.4. The summed E-state index contributed by atoms with van der Waals surface area (Å²) < 4.78 is 59.7. The minimum Gasteiger partial charge on any atom is -0.493 e. The van der Waals surface area contributed by atoms with Crippen molar-refractivity contribution in [2.24, 2.45) is 17.8 Å². The summed E-state index contributed by atoms with van der Waals surface area (Å²) in [6.45, 7) is 10.0. The van der Waals surface area contributed by atoms with Crippen molar-refractivity contribution in [2.75, 3.05) is 20.8 Å². The maximum absolute atomic E-state index is 14.2. The molecule has 210 valence electrons. The van der Waals surface area contributed by atoms with Gasteiger partial charge in [0.1, 0.15) is 5.60 Å². The van der Waals surface area contributed by atoms with Gasteiger partial charge in [-0.3, -0.25) is 0 Å². The molecule has 5 atom stereocenters. The van der Waals surface area contributed by atoms with E-state index in [2.05, 4.69) is 17.0 Å². The molecule has 1 aromatic carbocycles. The molecule has 1 saturated heterocycles. The maximum Gasteiger partial charge on any atom is 0.433 e. The number of hydrogen-bond donors (Lipinski definition) is 0. The third-order valence-electron chi connectivity index (χ3n) is 8.00. The van der Waals surface area contributed by atoms with Gasteiger partial charge in [0.05, 0.1) is 25.6 Å². The second kappa shape index (κ2) is 9.31. The van der Waals surface area contributed by atoms with Crippen LogP contribution >= 0.6 is 0 Å². The molecular formula is C28H33F3N4O4. The fourth-order valence-corrected chi connectivity index (χ4v) is 6.18. The zero-order valence-corrected chi connectivity index (χ0v) is 23.0. The summed E-state index contributed by atoms with van der Waals surface area (Å²) in [5, 5.41) is 4.43. The number of carbonyl (C=O) groups is 1. The monoisotopic (exact) mass is 546 g/mol. The lowest BCUT2D eigenvalue weighted by Gasteiger charge is -2.61. The summed E-state index contributed by atoms with van der Waals surface area (Å²) in [5.41, 5.74) is -0.256. The predicted molar refractivity (Wildman–Crippen MR) is 138 cm³/mol. The quantitative estimate of drug-likeness (QED) is 0.397. The molecule has 2 aromatic heterocycles. The molecule has 0 spiro atoms. The first kappa shape index (κ1) is 27.1. The number of hydrogen-bond acceptors (Lipinski definition) is 6. The molecule has 3 aromatic rings. The zero-order chi connectivity index (χ0) is 28.4. The normalized spacial score (nSPS) is 24.9. The Morgan fingerprint density at radius 1 is 1.03 bits per heavy atom. The number of alkyl halides is 3. The number of rotatable bonds is 4. The van der Waals surface area contributed by atoms with Gasteiger partial charge in [0.2, 0.25) is 0 Å². The van der Waals surface area contributed by atoms with Crippen LogP contribution in [0.2, 0.25) is 0 Å². The summed E-state index contributed by atoms with van der Waals surface area (Å²) >= 11 is 0. The smallest absolute Gasteiger partial charge is 0.433 e. The molecule has 0 N–H and O–H groups in total. The van der Waals surface area contributed by atoms with Crippen molar-refractivity contribution in [3.8, 4) is 22.8 Å². The van der Waals surface area contributed by atoms with Crippen molar-refractivity contribution < 1.29 is 32.2 Å². The molecule has 2 unspecified atom stereocenters. The molecule has 3 heterocycles. The number of aromatic nitrogens is 3.